The molecule has 1 N–H and O–H groups in total. The molecule has 1 aliphatic rings. The van der Waals surface area contributed by atoms with Crippen LogP contribution in [0, 0.1) is 0 Å². The Morgan fingerprint density at radius 3 is 2.61 bits per heavy atom. The minimum atomic E-state index is -0.393. The van der Waals surface area contributed by atoms with Gasteiger partial charge >= 0.3 is 6.09 Å². The molecule has 1 heterocycles. The maximum atomic E-state index is 11.7. The van der Waals surface area contributed by atoms with Crippen molar-refractivity contribution in [2.45, 2.75) is 37.8 Å². The number of carbonyl (C=O) groups is 2. The summed E-state index contributed by atoms with van der Waals surface area (Å²) >= 11 is 0. The van der Waals surface area contributed by atoms with Gasteiger partial charge in [-0.3, -0.25) is 4.79 Å². The van der Waals surface area contributed by atoms with Gasteiger partial charge in [0.15, 0.2) is 5.81 Å². The first-order valence-electron chi connectivity index (χ1n) is 6.11. The van der Waals surface area contributed by atoms with Crippen molar-refractivity contribution in [2.24, 2.45) is 0 Å². The molecular weight excluding hydrogens is 233 g/mol. The van der Waals surface area contributed by atoms with Crippen LogP contribution in [0.4, 0.5) is 9.59 Å². The number of nitrogens with one attached hydrogen (secondary N) is 1. The number of hydrogen-bond donors (Lipinski definition) is 1. The van der Waals surface area contributed by atoms with E-state index < -0.39 is 6.09 Å². The lowest BCUT2D eigenvalue weighted by Crippen LogP contribution is -2.39. The van der Waals surface area contributed by atoms with Crippen molar-refractivity contribution in [3.63, 3.8) is 0 Å². The summed E-state index contributed by atoms with van der Waals surface area (Å²) in [5.41, 5.74) is 0. The average molecular weight is 249 g/mol. The van der Waals surface area contributed by atoms with Crippen LogP contribution < -0.4 is 5.32 Å². The smallest absolute Gasteiger partial charge is 0.419 e. The summed E-state index contributed by atoms with van der Waals surface area (Å²) in [5.74, 6) is -0.00568. The summed E-state index contributed by atoms with van der Waals surface area (Å²) in [5, 5.41) is 2.89. The number of hydrogen-bond acceptors (Lipinski definition) is 4. The summed E-state index contributed by atoms with van der Waals surface area (Å²) in [4.78, 5) is 26.4. The molecule has 0 aliphatic heterocycles. The number of rotatable bonds is 2. The Bertz CT molecular complexity index is 413. The minimum absolute atomic E-state index is 0.00568. The molecule has 18 heavy (non-hydrogen) atoms. The monoisotopic (exact) mass is 249 g/mol. The van der Waals surface area contributed by atoms with E-state index in [-0.39, 0.29) is 18.0 Å². The number of carbonyl (C=O) groups excluding carboxylic acids is 2. The van der Waals surface area contributed by atoms with E-state index in [9.17, 15) is 9.59 Å². The fourth-order valence-corrected chi connectivity index (χ4v) is 2.18. The third-order valence-electron chi connectivity index (χ3n) is 3.06. The molecule has 6 nitrogen and oxygen atoms in total. The van der Waals surface area contributed by atoms with Crippen LogP contribution >= 0.6 is 0 Å². The van der Waals surface area contributed by atoms with Crippen LogP contribution in [0.25, 0.3) is 0 Å². The highest BCUT2D eigenvalue weighted by atomic mass is 16.6. The van der Waals surface area contributed by atoms with Gasteiger partial charge in [-0.1, -0.05) is 0 Å². The zero-order valence-corrected chi connectivity index (χ0v) is 10.3. The van der Waals surface area contributed by atoms with Crippen molar-refractivity contribution in [1.82, 2.24) is 14.9 Å². The van der Waals surface area contributed by atoms with Crippen molar-refractivity contribution in [3.8, 4) is 0 Å². The van der Waals surface area contributed by atoms with Crippen molar-refractivity contribution in [2.75, 3.05) is 0 Å². The molecule has 1 saturated carbocycles. The summed E-state index contributed by atoms with van der Waals surface area (Å²) in [6.07, 6.45) is 7.32. The Labute approximate surface area is 106 Å². The third-order valence-corrected chi connectivity index (χ3v) is 3.06. The summed E-state index contributed by atoms with van der Waals surface area (Å²) in [6, 6.07) is 0.214. The fraction of sp³-hybridized carbons (Fsp3) is 0.545. The van der Waals surface area contributed by atoms with Crippen LogP contribution in [-0.4, -0.2) is 41.4 Å². The third kappa shape index (κ3) is 3.35. The van der Waals surface area contributed by atoms with Gasteiger partial charge in [0.05, 0.1) is 0 Å². The zero-order valence-electron chi connectivity index (χ0n) is 10.3. The lowest BCUT2D eigenvalue weighted by Gasteiger charge is -2.28. The number of nitrogens with zero attached hydrogens (tertiary/aromatic N) is 2. The largest absolute Gasteiger partial charge is 0.446 e. The predicted molar refractivity (Wildman–Crippen MR) is 67.2 cm³/mol. The lowest BCUT2D eigenvalue weighted by atomic mass is 9.92. The van der Waals surface area contributed by atoms with Crippen LogP contribution in [0.3, 0.4) is 0 Å². The molecule has 0 saturated heterocycles. The summed E-state index contributed by atoms with van der Waals surface area (Å²) in [6.45, 7) is 0. The Morgan fingerprint density at radius 2 is 2.06 bits per heavy atom. The van der Waals surface area contributed by atoms with Crippen molar-refractivity contribution in [1.29, 1.82) is 0 Å². The Morgan fingerprint density at radius 1 is 1.33 bits per heavy atom. The molecule has 0 radical (unpaired) electrons. The topological polar surface area (TPSA) is 73.2 Å². The standard InChI is InChI=1S/C11H16BN3O3/c12-10(16)14-8-1-3-9(4-2-8)18-11(17)15-6-5-13-7-15/h5-9H,1-4,12H2,(H,14,16)/t8-,9-. The first-order chi connectivity index (χ1) is 8.65. The molecule has 0 atom stereocenters. The second-order valence-corrected chi connectivity index (χ2v) is 4.53. The molecule has 7 heteroatoms. The molecule has 0 bridgehead atoms. The molecule has 2 rings (SSSR count). The highest BCUT2D eigenvalue weighted by Gasteiger charge is 2.24. The first kappa shape index (κ1) is 12.7. The number of ether oxygens (including phenoxy) is 1. The van der Waals surface area contributed by atoms with Crippen LogP contribution in [0.5, 0.6) is 0 Å². The predicted octanol–water partition coefficient (Wildman–Crippen LogP) is 0.522. The quantitative estimate of drug-likeness (QED) is 0.775. The van der Waals surface area contributed by atoms with Gasteiger partial charge in [0.1, 0.15) is 12.4 Å². The molecule has 1 amide bonds. The normalized spacial score (nSPS) is 23.3. The van der Waals surface area contributed by atoms with Crippen LogP contribution in [0.2, 0.25) is 0 Å². The molecule has 96 valence electrons. The Balaban J connectivity index is 1.77. The van der Waals surface area contributed by atoms with Gasteiger partial charge < -0.3 is 10.1 Å². The van der Waals surface area contributed by atoms with Gasteiger partial charge in [0.2, 0.25) is 7.85 Å². The molecular formula is C11H16BN3O3. The second-order valence-electron chi connectivity index (χ2n) is 4.53. The highest BCUT2D eigenvalue weighted by molar-refractivity contribution is 6.57. The van der Waals surface area contributed by atoms with Crippen molar-refractivity contribution in [3.05, 3.63) is 18.7 Å². The van der Waals surface area contributed by atoms with E-state index in [0.29, 0.717) is 0 Å². The van der Waals surface area contributed by atoms with E-state index >= 15 is 0 Å². The van der Waals surface area contributed by atoms with Gasteiger partial charge in [-0.15, -0.1) is 0 Å². The van der Waals surface area contributed by atoms with E-state index in [0.717, 1.165) is 25.7 Å². The second kappa shape index (κ2) is 5.70. The van der Waals surface area contributed by atoms with E-state index in [1.807, 2.05) is 0 Å². The van der Waals surface area contributed by atoms with Crippen LogP contribution in [0.1, 0.15) is 25.7 Å². The number of amides is 1. The first-order valence-corrected chi connectivity index (χ1v) is 6.11. The summed E-state index contributed by atoms with van der Waals surface area (Å²) < 4.78 is 6.68. The molecule has 1 aromatic heterocycles. The number of imidazole rings is 1. The highest BCUT2D eigenvalue weighted by Crippen LogP contribution is 2.21. The van der Waals surface area contributed by atoms with E-state index in [1.54, 1.807) is 6.20 Å². The molecule has 1 aromatic rings. The van der Waals surface area contributed by atoms with Crippen LogP contribution in [0.15, 0.2) is 18.7 Å². The maximum absolute atomic E-state index is 11.7. The molecule has 0 spiro atoms. The van der Waals surface area contributed by atoms with E-state index in [1.165, 1.54) is 24.9 Å². The van der Waals surface area contributed by atoms with E-state index in [4.69, 9.17) is 4.74 Å². The van der Waals surface area contributed by atoms with E-state index in [2.05, 4.69) is 10.3 Å². The number of aromatic nitrogens is 2. The molecule has 1 aliphatic carbocycles. The fourth-order valence-electron chi connectivity index (χ4n) is 2.18. The molecule has 0 aromatic carbocycles. The molecule has 0 unspecified atom stereocenters. The Hall–Kier alpha value is -1.79. The van der Waals surface area contributed by atoms with Crippen molar-refractivity contribution >= 4 is 19.7 Å². The van der Waals surface area contributed by atoms with Crippen molar-refractivity contribution < 1.29 is 14.3 Å². The van der Waals surface area contributed by atoms with Gasteiger partial charge in [0.25, 0.3) is 0 Å². The summed E-state index contributed by atoms with van der Waals surface area (Å²) in [7, 11) is 1.52. The lowest BCUT2D eigenvalue weighted by molar-refractivity contribution is 0.0708. The molecule has 1 fully saturated rings. The average Bonchev–Trinajstić information content (AvgIpc) is 2.84. The van der Waals surface area contributed by atoms with Gasteiger partial charge in [-0.25, -0.2) is 14.3 Å². The SMILES string of the molecule is BC(=O)N[C@H]1CC[C@H](OC(=O)n2ccnc2)CC1. The maximum Gasteiger partial charge on any atom is 0.419 e. The van der Waals surface area contributed by atoms with Crippen LogP contribution in [-0.2, 0) is 4.74 Å². The Kier molecular flexibility index (Phi) is 4.01. The van der Waals surface area contributed by atoms with Gasteiger partial charge in [0, 0.05) is 18.4 Å². The zero-order chi connectivity index (χ0) is 13.0. The minimum Gasteiger partial charge on any atom is -0.446 e. The van der Waals surface area contributed by atoms with Gasteiger partial charge in [-0.05, 0) is 25.7 Å². The van der Waals surface area contributed by atoms with Gasteiger partial charge in [-0.2, -0.15) is 0 Å².